The summed E-state index contributed by atoms with van der Waals surface area (Å²) in [5.74, 6) is 1.01. The molecular formula is C24H30N4OS2. The molecule has 1 unspecified atom stereocenters. The van der Waals surface area contributed by atoms with Crippen molar-refractivity contribution < 1.29 is 4.79 Å². The van der Waals surface area contributed by atoms with Crippen molar-refractivity contribution in [3.63, 3.8) is 0 Å². The molecule has 1 fully saturated rings. The number of thioether (sulfide) groups is 1. The number of benzene rings is 1. The molecule has 7 heteroatoms. The van der Waals surface area contributed by atoms with Gasteiger partial charge in [0.05, 0.1) is 5.25 Å². The third-order valence-corrected chi connectivity index (χ3v) is 7.90. The number of rotatable bonds is 7. The summed E-state index contributed by atoms with van der Waals surface area (Å²) < 4.78 is 2.33. The van der Waals surface area contributed by atoms with Gasteiger partial charge in [-0.3, -0.25) is 4.79 Å². The number of para-hydroxylation sites is 1. The highest BCUT2D eigenvalue weighted by Gasteiger charge is 2.26. The van der Waals surface area contributed by atoms with Gasteiger partial charge < -0.3 is 9.88 Å². The molecule has 1 N–H and O–H groups in total. The predicted molar refractivity (Wildman–Crippen MR) is 129 cm³/mol. The second kappa shape index (κ2) is 10.0. The van der Waals surface area contributed by atoms with Gasteiger partial charge in [-0.1, -0.05) is 55.3 Å². The van der Waals surface area contributed by atoms with Gasteiger partial charge in [-0.15, -0.1) is 21.5 Å². The molecule has 1 aromatic carbocycles. The number of nitrogens with zero attached hydrogens (tertiary/aromatic N) is 3. The number of aryl methyl sites for hydroxylation is 2. The van der Waals surface area contributed by atoms with Crippen molar-refractivity contribution in [1.82, 2.24) is 14.8 Å². The number of hydrogen-bond donors (Lipinski definition) is 1. The van der Waals surface area contributed by atoms with Crippen molar-refractivity contribution in [1.29, 1.82) is 0 Å². The third-order valence-electron chi connectivity index (χ3n) is 5.97. The number of carbonyl (C=O) groups excluding carboxylic acids is 1. The Morgan fingerprint density at radius 1 is 1.16 bits per heavy atom. The van der Waals surface area contributed by atoms with Gasteiger partial charge in [0.25, 0.3) is 0 Å². The molecule has 1 saturated carbocycles. The summed E-state index contributed by atoms with van der Waals surface area (Å²) >= 11 is 3.27. The molecule has 0 radical (unpaired) electrons. The van der Waals surface area contributed by atoms with Crippen LogP contribution in [0.15, 0.2) is 40.9 Å². The Morgan fingerprint density at radius 2 is 1.90 bits per heavy atom. The Kier molecular flexibility index (Phi) is 7.13. The van der Waals surface area contributed by atoms with Gasteiger partial charge in [0.2, 0.25) is 5.91 Å². The van der Waals surface area contributed by atoms with Crippen molar-refractivity contribution in [2.24, 2.45) is 0 Å². The van der Waals surface area contributed by atoms with E-state index < -0.39 is 0 Å². The van der Waals surface area contributed by atoms with E-state index in [4.69, 9.17) is 0 Å². The monoisotopic (exact) mass is 454 g/mol. The van der Waals surface area contributed by atoms with E-state index in [1.807, 2.05) is 39.0 Å². The van der Waals surface area contributed by atoms with E-state index in [9.17, 15) is 4.79 Å². The second-order valence-electron chi connectivity index (χ2n) is 8.33. The number of thiophene rings is 1. The van der Waals surface area contributed by atoms with Crippen LogP contribution in [0.25, 0.3) is 0 Å². The van der Waals surface area contributed by atoms with Crippen LogP contribution >= 0.6 is 23.1 Å². The molecule has 5 nitrogen and oxygen atoms in total. The molecule has 2 aromatic heterocycles. The smallest absolute Gasteiger partial charge is 0.237 e. The van der Waals surface area contributed by atoms with Gasteiger partial charge in [0.1, 0.15) is 5.82 Å². The van der Waals surface area contributed by atoms with Crippen LogP contribution in [0.5, 0.6) is 0 Å². The molecule has 3 aromatic rings. The summed E-state index contributed by atoms with van der Waals surface area (Å²) in [7, 11) is 0. The normalized spacial score (nSPS) is 15.7. The summed E-state index contributed by atoms with van der Waals surface area (Å²) in [4.78, 5) is 14.3. The maximum atomic E-state index is 13.0. The zero-order valence-electron chi connectivity index (χ0n) is 18.4. The van der Waals surface area contributed by atoms with E-state index >= 15 is 0 Å². The highest BCUT2D eigenvalue weighted by atomic mass is 32.2. The van der Waals surface area contributed by atoms with Crippen molar-refractivity contribution in [3.05, 3.63) is 57.5 Å². The largest absolute Gasteiger partial charge is 0.325 e. The van der Waals surface area contributed by atoms with E-state index in [0.717, 1.165) is 47.1 Å². The number of aromatic nitrogens is 3. The molecule has 0 bridgehead atoms. The van der Waals surface area contributed by atoms with Crippen LogP contribution in [0, 0.1) is 13.8 Å². The third kappa shape index (κ3) is 5.21. The number of anilines is 1. The molecule has 1 aliphatic rings. The first-order valence-corrected chi connectivity index (χ1v) is 12.8. The molecule has 0 aliphatic heterocycles. The lowest BCUT2D eigenvalue weighted by Gasteiger charge is -2.26. The van der Waals surface area contributed by atoms with Crippen LogP contribution in [0.4, 0.5) is 5.69 Å². The maximum absolute atomic E-state index is 13.0. The molecule has 1 atom stereocenters. The lowest BCUT2D eigenvalue weighted by molar-refractivity contribution is -0.115. The zero-order chi connectivity index (χ0) is 21.8. The van der Waals surface area contributed by atoms with Crippen LogP contribution in [-0.2, 0) is 11.2 Å². The van der Waals surface area contributed by atoms with Crippen molar-refractivity contribution in [2.75, 3.05) is 5.32 Å². The molecule has 31 heavy (non-hydrogen) atoms. The van der Waals surface area contributed by atoms with Crippen LogP contribution in [0.3, 0.4) is 0 Å². The Morgan fingerprint density at radius 3 is 2.58 bits per heavy atom. The topological polar surface area (TPSA) is 59.8 Å². The Balaban J connectivity index is 1.54. The molecule has 1 amide bonds. The van der Waals surface area contributed by atoms with Crippen molar-refractivity contribution in [2.45, 2.75) is 75.7 Å². The fourth-order valence-corrected chi connectivity index (χ4v) is 5.87. The first-order valence-electron chi connectivity index (χ1n) is 11.0. The average Bonchev–Trinajstić information content (AvgIpc) is 3.42. The van der Waals surface area contributed by atoms with Crippen LogP contribution in [0.1, 0.15) is 66.9 Å². The van der Waals surface area contributed by atoms with E-state index in [0.29, 0.717) is 6.04 Å². The molecule has 4 rings (SSSR count). The quantitative estimate of drug-likeness (QED) is 0.434. The van der Waals surface area contributed by atoms with E-state index in [2.05, 4.69) is 37.6 Å². The minimum absolute atomic E-state index is 0.000371. The SMILES string of the molecule is Cc1cccc(C)c1NC(=O)C(C)Sc1nnc(Cc2cccs2)n1C1CCCCC1. The average molecular weight is 455 g/mol. The Labute approximate surface area is 192 Å². The fourth-order valence-electron chi connectivity index (χ4n) is 4.23. The van der Waals surface area contributed by atoms with Gasteiger partial charge in [0.15, 0.2) is 5.16 Å². The minimum atomic E-state index is -0.264. The van der Waals surface area contributed by atoms with E-state index in [-0.39, 0.29) is 11.2 Å². The van der Waals surface area contributed by atoms with Gasteiger partial charge in [-0.05, 0) is 56.2 Å². The van der Waals surface area contributed by atoms with E-state index in [1.165, 1.54) is 35.9 Å². The number of hydrogen-bond acceptors (Lipinski definition) is 5. The van der Waals surface area contributed by atoms with Gasteiger partial charge in [0, 0.05) is 23.0 Å². The van der Waals surface area contributed by atoms with E-state index in [1.54, 1.807) is 11.3 Å². The maximum Gasteiger partial charge on any atom is 0.237 e. The van der Waals surface area contributed by atoms with Crippen LogP contribution < -0.4 is 5.32 Å². The first kappa shape index (κ1) is 22.1. The summed E-state index contributed by atoms with van der Waals surface area (Å²) in [5, 5.41) is 14.9. The molecule has 1 aliphatic carbocycles. The van der Waals surface area contributed by atoms with Crippen molar-refractivity contribution in [3.8, 4) is 0 Å². The number of nitrogens with one attached hydrogen (secondary N) is 1. The highest BCUT2D eigenvalue weighted by molar-refractivity contribution is 8.00. The van der Waals surface area contributed by atoms with Gasteiger partial charge in [-0.2, -0.15) is 0 Å². The molecule has 0 saturated heterocycles. The highest BCUT2D eigenvalue weighted by Crippen LogP contribution is 2.35. The summed E-state index contributed by atoms with van der Waals surface area (Å²) in [6, 6.07) is 10.7. The first-order chi connectivity index (χ1) is 15.0. The lowest BCUT2D eigenvalue weighted by atomic mass is 9.95. The Hall–Kier alpha value is -2.12. The van der Waals surface area contributed by atoms with Crippen molar-refractivity contribution >= 4 is 34.7 Å². The number of carbonyl (C=O) groups is 1. The molecule has 2 heterocycles. The van der Waals surface area contributed by atoms with Gasteiger partial charge >= 0.3 is 0 Å². The summed E-state index contributed by atoms with van der Waals surface area (Å²) in [6.07, 6.45) is 6.90. The summed E-state index contributed by atoms with van der Waals surface area (Å²) in [6.45, 7) is 6.00. The fraction of sp³-hybridized carbons (Fsp3) is 0.458. The summed E-state index contributed by atoms with van der Waals surface area (Å²) in [5.41, 5.74) is 3.07. The molecule has 0 spiro atoms. The van der Waals surface area contributed by atoms with Crippen LogP contribution in [0.2, 0.25) is 0 Å². The minimum Gasteiger partial charge on any atom is -0.325 e. The van der Waals surface area contributed by atoms with Gasteiger partial charge in [-0.25, -0.2) is 0 Å². The lowest BCUT2D eigenvalue weighted by Crippen LogP contribution is -2.24. The zero-order valence-corrected chi connectivity index (χ0v) is 20.1. The van der Waals surface area contributed by atoms with Crippen LogP contribution in [-0.4, -0.2) is 25.9 Å². The Bertz CT molecular complexity index is 1000. The predicted octanol–water partition coefficient (Wildman–Crippen LogP) is 6.17. The number of amides is 1. The molecule has 164 valence electrons. The standard InChI is InChI=1S/C24H30N4OS2/c1-16-9-7-10-17(2)22(16)25-23(29)18(3)31-24-27-26-21(15-20-13-8-14-30-20)28(24)19-11-5-4-6-12-19/h7-10,13-14,18-19H,4-6,11-12,15H2,1-3H3,(H,25,29). The molecular weight excluding hydrogens is 424 g/mol. The second-order valence-corrected chi connectivity index (χ2v) is 10.7.